The number of H-pyrrole nitrogens is 1. The fraction of sp³-hybridized carbons (Fsp3) is 0.316. The van der Waals surface area contributed by atoms with Crippen molar-refractivity contribution in [3.63, 3.8) is 0 Å². The number of rotatable bonds is 7. The van der Waals surface area contributed by atoms with Crippen LogP contribution in [0.1, 0.15) is 16.4 Å². The Hall–Kier alpha value is -1.89. The van der Waals surface area contributed by atoms with Gasteiger partial charge in [0.05, 0.1) is 0 Å². The third kappa shape index (κ3) is 4.60. The zero-order valence-corrected chi connectivity index (χ0v) is 16.2. The molecule has 0 aliphatic carbocycles. The van der Waals surface area contributed by atoms with E-state index in [-0.39, 0.29) is 5.92 Å². The fourth-order valence-corrected chi connectivity index (χ4v) is 3.92. The molecule has 1 atom stereocenters. The summed E-state index contributed by atoms with van der Waals surface area (Å²) in [5, 5.41) is 10.8. The molecule has 0 aliphatic heterocycles. The molecular weight excluding hydrogens is 348 g/mol. The van der Waals surface area contributed by atoms with Gasteiger partial charge >= 0.3 is 0 Å². The number of nitrogens with zero attached hydrogens (tertiary/aromatic N) is 1. The lowest BCUT2D eigenvalue weighted by atomic mass is 9.97. The van der Waals surface area contributed by atoms with Gasteiger partial charge in [-0.05, 0) is 49.4 Å². The van der Waals surface area contributed by atoms with E-state index < -0.39 is 0 Å². The van der Waals surface area contributed by atoms with Crippen molar-refractivity contribution < 1.29 is 0 Å². The number of aromatic amines is 1. The van der Waals surface area contributed by atoms with Gasteiger partial charge in [0, 0.05) is 47.5 Å². The molecule has 2 aromatic heterocycles. The number of nitrogens with one attached hydrogen (secondary N) is 3. The van der Waals surface area contributed by atoms with E-state index in [0.717, 1.165) is 19.6 Å². The lowest BCUT2D eigenvalue weighted by Crippen LogP contribution is -2.40. The second-order valence-electron chi connectivity index (χ2n) is 6.30. The van der Waals surface area contributed by atoms with E-state index in [1.54, 1.807) is 11.3 Å². The zero-order chi connectivity index (χ0) is 17.6. The van der Waals surface area contributed by atoms with Crippen molar-refractivity contribution in [2.24, 2.45) is 0 Å². The van der Waals surface area contributed by atoms with Gasteiger partial charge in [-0.3, -0.25) is 0 Å². The third-order valence-electron chi connectivity index (χ3n) is 4.19. The molecule has 1 aromatic carbocycles. The van der Waals surface area contributed by atoms with E-state index in [2.05, 4.69) is 82.6 Å². The molecule has 2 heterocycles. The Bertz CT molecular complexity index is 808. The molecule has 3 rings (SSSR count). The number of hydrogen-bond acceptors (Lipinski definition) is 3. The molecular formula is C19H24N4S2. The molecule has 25 heavy (non-hydrogen) atoms. The van der Waals surface area contributed by atoms with Gasteiger partial charge in [-0.25, -0.2) is 0 Å². The lowest BCUT2D eigenvalue weighted by molar-refractivity contribution is 0.412. The molecule has 0 aliphatic rings. The summed E-state index contributed by atoms with van der Waals surface area (Å²) in [5.41, 5.74) is 2.48. The van der Waals surface area contributed by atoms with E-state index in [0.29, 0.717) is 5.11 Å². The molecule has 0 radical (unpaired) electrons. The van der Waals surface area contributed by atoms with E-state index in [1.165, 1.54) is 21.3 Å². The fourth-order valence-electron chi connectivity index (χ4n) is 2.89. The van der Waals surface area contributed by atoms with Gasteiger partial charge < -0.3 is 20.5 Å². The van der Waals surface area contributed by atoms with Gasteiger partial charge in [0.15, 0.2) is 5.11 Å². The molecule has 0 saturated heterocycles. The van der Waals surface area contributed by atoms with Crippen molar-refractivity contribution >= 4 is 39.6 Å². The molecule has 4 nitrogen and oxygen atoms in total. The van der Waals surface area contributed by atoms with Crippen LogP contribution in [0, 0.1) is 0 Å². The summed E-state index contributed by atoms with van der Waals surface area (Å²) in [6, 6.07) is 12.7. The number of para-hydroxylation sites is 1. The maximum absolute atomic E-state index is 5.43. The highest BCUT2D eigenvalue weighted by molar-refractivity contribution is 7.80. The molecule has 0 unspecified atom stereocenters. The first kappa shape index (κ1) is 17.9. The van der Waals surface area contributed by atoms with Gasteiger partial charge in [-0.1, -0.05) is 24.3 Å². The molecule has 3 aromatic rings. The number of hydrogen-bond donors (Lipinski definition) is 3. The number of thiocarbonyl (C=S) groups is 1. The average molecular weight is 373 g/mol. The highest BCUT2D eigenvalue weighted by atomic mass is 32.1. The van der Waals surface area contributed by atoms with Crippen molar-refractivity contribution in [1.29, 1.82) is 0 Å². The molecule has 0 bridgehead atoms. The second kappa shape index (κ2) is 8.47. The quantitative estimate of drug-likeness (QED) is 0.556. The monoisotopic (exact) mass is 372 g/mol. The van der Waals surface area contributed by atoms with E-state index >= 15 is 0 Å². The summed E-state index contributed by atoms with van der Waals surface area (Å²) in [6.07, 6.45) is 2.12. The largest absolute Gasteiger partial charge is 0.362 e. The Balaban J connectivity index is 1.72. The lowest BCUT2D eigenvalue weighted by Gasteiger charge is -2.18. The van der Waals surface area contributed by atoms with Crippen LogP contribution in [0.2, 0.25) is 0 Å². The standard InChI is InChI=1S/C19H24N4S2/c1-23(2)10-9-20-19(24)22-13-16(18-8-5-11-25-18)15-12-21-17-7-4-3-6-14(15)17/h3-8,11-12,16,21H,9-10,13H2,1-2H3,(H2,20,22,24)/t16-/m0/s1. The maximum atomic E-state index is 5.43. The third-order valence-corrected chi connectivity index (χ3v) is 5.47. The highest BCUT2D eigenvalue weighted by Crippen LogP contribution is 2.32. The van der Waals surface area contributed by atoms with E-state index in [4.69, 9.17) is 12.2 Å². The van der Waals surface area contributed by atoms with E-state index in [1.807, 2.05) is 0 Å². The summed E-state index contributed by atoms with van der Waals surface area (Å²) in [6.45, 7) is 2.57. The van der Waals surface area contributed by atoms with Crippen LogP contribution in [0.4, 0.5) is 0 Å². The van der Waals surface area contributed by atoms with Crippen LogP contribution in [-0.2, 0) is 0 Å². The Labute approximate surface area is 158 Å². The topological polar surface area (TPSA) is 43.1 Å². The Morgan fingerprint density at radius 2 is 2.04 bits per heavy atom. The van der Waals surface area contributed by atoms with Crippen LogP contribution < -0.4 is 10.6 Å². The molecule has 3 N–H and O–H groups in total. The number of fused-ring (bicyclic) bond motifs is 1. The van der Waals surface area contributed by atoms with Crippen molar-refractivity contribution in [2.45, 2.75) is 5.92 Å². The first-order valence-corrected chi connectivity index (χ1v) is 9.70. The Kier molecular flexibility index (Phi) is 6.07. The smallest absolute Gasteiger partial charge is 0.166 e. The van der Waals surface area contributed by atoms with Crippen LogP contribution in [0.15, 0.2) is 48.0 Å². The zero-order valence-electron chi connectivity index (χ0n) is 14.6. The van der Waals surface area contributed by atoms with Crippen LogP contribution in [0.25, 0.3) is 10.9 Å². The minimum atomic E-state index is 0.268. The SMILES string of the molecule is CN(C)CCNC(=S)NC[C@H](c1cccs1)c1c[nH]c2ccccc12. The molecule has 0 saturated carbocycles. The minimum absolute atomic E-state index is 0.268. The van der Waals surface area contributed by atoms with Crippen LogP contribution in [-0.4, -0.2) is 48.7 Å². The predicted molar refractivity (Wildman–Crippen MR) is 112 cm³/mol. The van der Waals surface area contributed by atoms with Crippen molar-refractivity contribution in [3.8, 4) is 0 Å². The second-order valence-corrected chi connectivity index (χ2v) is 7.69. The number of thiophene rings is 1. The Morgan fingerprint density at radius 3 is 2.80 bits per heavy atom. The van der Waals surface area contributed by atoms with E-state index in [9.17, 15) is 0 Å². The van der Waals surface area contributed by atoms with Gasteiger partial charge in [-0.15, -0.1) is 11.3 Å². The van der Waals surface area contributed by atoms with Crippen molar-refractivity contribution in [1.82, 2.24) is 20.5 Å². The molecule has 0 fully saturated rings. The van der Waals surface area contributed by atoms with Crippen LogP contribution in [0.3, 0.4) is 0 Å². The molecule has 132 valence electrons. The first-order valence-electron chi connectivity index (χ1n) is 8.41. The average Bonchev–Trinajstić information content (AvgIpc) is 3.25. The number of aromatic nitrogens is 1. The van der Waals surface area contributed by atoms with Gasteiger partial charge in [-0.2, -0.15) is 0 Å². The van der Waals surface area contributed by atoms with Gasteiger partial charge in [0.25, 0.3) is 0 Å². The summed E-state index contributed by atoms with van der Waals surface area (Å²) in [5.74, 6) is 0.268. The van der Waals surface area contributed by atoms with Gasteiger partial charge in [0.1, 0.15) is 0 Å². The minimum Gasteiger partial charge on any atom is -0.362 e. The summed E-state index contributed by atoms with van der Waals surface area (Å²) >= 11 is 7.22. The molecule has 0 amide bonds. The first-order chi connectivity index (χ1) is 12.1. The van der Waals surface area contributed by atoms with Crippen molar-refractivity contribution in [2.75, 3.05) is 33.7 Å². The molecule has 0 spiro atoms. The van der Waals surface area contributed by atoms with Gasteiger partial charge in [0.2, 0.25) is 0 Å². The number of benzene rings is 1. The number of likely N-dealkylation sites (N-methyl/N-ethyl adjacent to an activating group) is 1. The summed E-state index contributed by atoms with van der Waals surface area (Å²) in [7, 11) is 4.12. The van der Waals surface area contributed by atoms with Crippen LogP contribution >= 0.6 is 23.6 Å². The highest BCUT2D eigenvalue weighted by Gasteiger charge is 2.19. The summed E-state index contributed by atoms with van der Waals surface area (Å²) in [4.78, 5) is 6.86. The van der Waals surface area contributed by atoms with Crippen LogP contribution in [0.5, 0.6) is 0 Å². The maximum Gasteiger partial charge on any atom is 0.166 e. The predicted octanol–water partition coefficient (Wildman–Crippen LogP) is 3.39. The molecule has 6 heteroatoms. The van der Waals surface area contributed by atoms with Crippen molar-refractivity contribution in [3.05, 3.63) is 58.4 Å². The Morgan fingerprint density at radius 1 is 1.20 bits per heavy atom. The summed E-state index contributed by atoms with van der Waals surface area (Å²) < 4.78 is 0. The normalized spacial score (nSPS) is 12.4.